The summed E-state index contributed by atoms with van der Waals surface area (Å²) in [6.07, 6.45) is 0.460. The second-order valence-corrected chi connectivity index (χ2v) is 4.92. The van der Waals surface area contributed by atoms with E-state index in [0.717, 1.165) is 34.4 Å². The van der Waals surface area contributed by atoms with Crippen LogP contribution in [-0.4, -0.2) is 29.9 Å². The number of nitrogens with zero attached hydrogens (tertiary/aromatic N) is 2. The average molecular weight is 241 g/mol. The third-order valence-corrected chi connectivity index (χ3v) is 3.13. The Labute approximate surface area is 106 Å². The van der Waals surface area contributed by atoms with Crippen LogP contribution in [0.3, 0.4) is 0 Å². The van der Waals surface area contributed by atoms with Gasteiger partial charge in [-0.15, -0.1) is 0 Å². The number of carbonyl (C=O) groups excluding carboxylic acids is 1. The maximum Gasteiger partial charge on any atom is 0.228 e. The van der Waals surface area contributed by atoms with Gasteiger partial charge in [0.1, 0.15) is 0 Å². The zero-order chi connectivity index (χ0) is 12.7. The highest BCUT2D eigenvalue weighted by atomic mass is 16.1. The number of rotatable bonds is 2. The quantitative estimate of drug-likeness (QED) is 0.872. The minimum Gasteiger partial charge on any atom is -0.326 e. The Bertz CT molecular complexity index is 634. The van der Waals surface area contributed by atoms with Gasteiger partial charge in [-0.25, -0.2) is 0 Å². The van der Waals surface area contributed by atoms with Crippen molar-refractivity contribution in [1.82, 2.24) is 9.88 Å². The molecule has 0 saturated carbocycles. The molecule has 0 fully saturated rings. The Balaban J connectivity index is 2.10. The van der Waals surface area contributed by atoms with Crippen LogP contribution in [0.2, 0.25) is 0 Å². The minimum atomic E-state index is 0.0647. The molecule has 0 unspecified atom stereocenters. The highest BCUT2D eigenvalue weighted by Gasteiger charge is 2.20. The van der Waals surface area contributed by atoms with E-state index < -0.39 is 0 Å². The van der Waals surface area contributed by atoms with Crippen molar-refractivity contribution in [2.45, 2.75) is 13.0 Å². The molecule has 1 aliphatic rings. The molecule has 0 atom stereocenters. The molecule has 0 bridgehead atoms. The molecule has 1 aromatic carbocycles. The van der Waals surface area contributed by atoms with Gasteiger partial charge in [-0.05, 0) is 37.9 Å². The molecule has 0 radical (unpaired) electrons. The van der Waals surface area contributed by atoms with Gasteiger partial charge in [-0.1, -0.05) is 6.07 Å². The van der Waals surface area contributed by atoms with Gasteiger partial charge in [0, 0.05) is 17.6 Å². The van der Waals surface area contributed by atoms with E-state index in [0.29, 0.717) is 6.42 Å². The lowest BCUT2D eigenvalue weighted by molar-refractivity contribution is -0.115. The first-order chi connectivity index (χ1) is 8.63. The Morgan fingerprint density at radius 1 is 1.28 bits per heavy atom. The van der Waals surface area contributed by atoms with Crippen LogP contribution in [0.15, 0.2) is 24.3 Å². The number of nitrogens with one attached hydrogen (secondary N) is 1. The molecule has 1 aromatic heterocycles. The van der Waals surface area contributed by atoms with Crippen molar-refractivity contribution in [2.24, 2.45) is 0 Å². The number of hydrogen-bond acceptors (Lipinski definition) is 3. The van der Waals surface area contributed by atoms with Crippen molar-refractivity contribution in [1.29, 1.82) is 0 Å². The number of fused-ring (bicyclic) bond motifs is 3. The first kappa shape index (κ1) is 11.2. The standard InChI is InChI=1S/C14H15N3O/c1-17(2)8-9-3-4-10-11-7-14(18)16-13(11)6-5-12(10)15-9/h3-6H,7-8H2,1-2H3,(H,16,18). The van der Waals surface area contributed by atoms with Crippen LogP contribution in [0.4, 0.5) is 5.69 Å². The molecule has 3 rings (SSSR count). The molecule has 2 aromatic rings. The summed E-state index contributed by atoms with van der Waals surface area (Å²) in [6, 6.07) is 8.01. The van der Waals surface area contributed by atoms with Gasteiger partial charge in [0.15, 0.2) is 0 Å². The fraction of sp³-hybridized carbons (Fsp3) is 0.286. The fourth-order valence-corrected chi connectivity index (χ4v) is 2.38. The topological polar surface area (TPSA) is 45.2 Å². The smallest absolute Gasteiger partial charge is 0.228 e. The van der Waals surface area contributed by atoms with Gasteiger partial charge < -0.3 is 10.2 Å². The SMILES string of the molecule is CN(C)Cc1ccc2c3c(ccc2n1)NC(=O)C3. The summed E-state index contributed by atoms with van der Waals surface area (Å²) in [5.41, 5.74) is 4.00. The minimum absolute atomic E-state index is 0.0647. The first-order valence-electron chi connectivity index (χ1n) is 5.99. The summed E-state index contributed by atoms with van der Waals surface area (Å²) in [5, 5.41) is 3.94. The van der Waals surface area contributed by atoms with E-state index in [4.69, 9.17) is 0 Å². The highest BCUT2D eigenvalue weighted by molar-refractivity contribution is 6.05. The van der Waals surface area contributed by atoms with E-state index in [-0.39, 0.29) is 5.91 Å². The van der Waals surface area contributed by atoms with Gasteiger partial charge in [0.25, 0.3) is 0 Å². The van der Waals surface area contributed by atoms with Crippen LogP contribution in [0.25, 0.3) is 10.9 Å². The number of amides is 1. The van der Waals surface area contributed by atoms with Crippen LogP contribution in [0.1, 0.15) is 11.3 Å². The van der Waals surface area contributed by atoms with Crippen LogP contribution in [-0.2, 0) is 17.8 Å². The lowest BCUT2D eigenvalue weighted by Crippen LogP contribution is -2.11. The molecular weight excluding hydrogens is 226 g/mol. The van der Waals surface area contributed by atoms with E-state index in [2.05, 4.69) is 21.3 Å². The van der Waals surface area contributed by atoms with Gasteiger partial charge in [-0.3, -0.25) is 9.78 Å². The molecule has 2 heterocycles. The Hall–Kier alpha value is -1.94. The second kappa shape index (κ2) is 4.07. The van der Waals surface area contributed by atoms with E-state index >= 15 is 0 Å². The van der Waals surface area contributed by atoms with Gasteiger partial charge in [0.05, 0.1) is 17.6 Å². The summed E-state index contributed by atoms with van der Waals surface area (Å²) >= 11 is 0. The lowest BCUT2D eigenvalue weighted by atomic mass is 10.1. The van der Waals surface area contributed by atoms with Crippen LogP contribution in [0.5, 0.6) is 0 Å². The number of aromatic nitrogens is 1. The zero-order valence-corrected chi connectivity index (χ0v) is 10.5. The van der Waals surface area contributed by atoms with Gasteiger partial charge in [0.2, 0.25) is 5.91 Å². The third kappa shape index (κ3) is 1.84. The van der Waals surface area contributed by atoms with Crippen molar-refractivity contribution < 1.29 is 4.79 Å². The van der Waals surface area contributed by atoms with Crippen LogP contribution >= 0.6 is 0 Å². The molecule has 18 heavy (non-hydrogen) atoms. The predicted molar refractivity (Wildman–Crippen MR) is 71.5 cm³/mol. The molecule has 4 heteroatoms. The normalized spacial score (nSPS) is 14.1. The summed E-state index contributed by atoms with van der Waals surface area (Å²) in [5.74, 6) is 0.0647. The summed E-state index contributed by atoms with van der Waals surface area (Å²) in [4.78, 5) is 18.1. The van der Waals surface area contributed by atoms with Crippen LogP contribution in [0, 0.1) is 0 Å². The van der Waals surface area contributed by atoms with Gasteiger partial charge >= 0.3 is 0 Å². The van der Waals surface area contributed by atoms with Crippen molar-refractivity contribution >= 4 is 22.5 Å². The lowest BCUT2D eigenvalue weighted by Gasteiger charge is -2.10. The number of hydrogen-bond donors (Lipinski definition) is 1. The molecule has 0 aliphatic carbocycles. The van der Waals surface area contributed by atoms with E-state index in [1.54, 1.807) is 0 Å². The van der Waals surface area contributed by atoms with Crippen molar-refractivity contribution in [2.75, 3.05) is 19.4 Å². The Kier molecular flexibility index (Phi) is 2.52. The summed E-state index contributed by atoms with van der Waals surface area (Å²) in [7, 11) is 4.05. The number of benzene rings is 1. The van der Waals surface area contributed by atoms with Crippen LogP contribution < -0.4 is 5.32 Å². The Morgan fingerprint density at radius 2 is 2.11 bits per heavy atom. The highest BCUT2D eigenvalue weighted by Crippen LogP contribution is 2.30. The van der Waals surface area contributed by atoms with Crippen molar-refractivity contribution in [3.05, 3.63) is 35.5 Å². The monoisotopic (exact) mass is 241 g/mol. The largest absolute Gasteiger partial charge is 0.326 e. The van der Waals surface area contributed by atoms with E-state index in [9.17, 15) is 4.79 Å². The molecule has 0 saturated heterocycles. The van der Waals surface area contributed by atoms with Gasteiger partial charge in [-0.2, -0.15) is 0 Å². The fourth-order valence-electron chi connectivity index (χ4n) is 2.38. The summed E-state index contributed by atoms with van der Waals surface area (Å²) in [6.45, 7) is 0.824. The molecule has 1 amide bonds. The second-order valence-electron chi connectivity index (χ2n) is 4.92. The maximum absolute atomic E-state index is 11.4. The zero-order valence-electron chi connectivity index (χ0n) is 10.5. The molecule has 4 nitrogen and oxygen atoms in total. The molecule has 92 valence electrons. The van der Waals surface area contributed by atoms with Crippen molar-refractivity contribution in [3.8, 4) is 0 Å². The van der Waals surface area contributed by atoms with E-state index in [1.807, 2.05) is 32.3 Å². The average Bonchev–Trinajstić information content (AvgIpc) is 2.68. The molecular formula is C14H15N3O. The predicted octanol–water partition coefficient (Wildman–Crippen LogP) is 1.79. The Morgan fingerprint density at radius 3 is 2.89 bits per heavy atom. The van der Waals surface area contributed by atoms with E-state index in [1.165, 1.54) is 0 Å². The molecule has 1 aliphatic heterocycles. The first-order valence-corrected chi connectivity index (χ1v) is 5.99. The summed E-state index contributed by atoms with van der Waals surface area (Å²) < 4.78 is 0. The molecule has 0 spiro atoms. The molecule has 1 N–H and O–H groups in total. The number of anilines is 1. The number of pyridine rings is 1. The van der Waals surface area contributed by atoms with Crippen molar-refractivity contribution in [3.63, 3.8) is 0 Å². The maximum atomic E-state index is 11.4. The third-order valence-electron chi connectivity index (χ3n) is 3.13. The number of carbonyl (C=O) groups is 1.